The molecule has 1 fully saturated rings. The summed E-state index contributed by atoms with van der Waals surface area (Å²) in [6, 6.07) is 12.7. The maximum absolute atomic E-state index is 12.9. The lowest BCUT2D eigenvalue weighted by molar-refractivity contribution is -0.134. The van der Waals surface area contributed by atoms with E-state index in [1.165, 1.54) is 15.9 Å². The first-order valence-corrected chi connectivity index (χ1v) is 8.60. The molecule has 0 aliphatic carbocycles. The van der Waals surface area contributed by atoms with Gasteiger partial charge in [-0.2, -0.15) is 0 Å². The van der Waals surface area contributed by atoms with Crippen LogP contribution in [0.4, 0.5) is 0 Å². The molecule has 0 aromatic heterocycles. The van der Waals surface area contributed by atoms with Crippen molar-refractivity contribution in [3.8, 4) is 11.5 Å². The molecular weight excluding hydrogens is 332 g/mol. The van der Waals surface area contributed by atoms with Gasteiger partial charge in [-0.3, -0.25) is 9.59 Å². The SMILES string of the molecule is CN(Cc1ccccc1O)C(=O)C1CCCN1C(=O)c1ccccc1O. The number of likely N-dealkylation sites (tertiary alicyclic amines) is 1. The van der Waals surface area contributed by atoms with Gasteiger partial charge in [0.05, 0.1) is 5.56 Å². The highest BCUT2D eigenvalue weighted by molar-refractivity contribution is 5.99. The number of phenolic OH excluding ortho intramolecular Hbond substituents is 2. The number of likely N-dealkylation sites (N-methyl/N-ethyl adjacent to an activating group) is 1. The zero-order valence-corrected chi connectivity index (χ0v) is 14.6. The predicted octanol–water partition coefficient (Wildman–Crippen LogP) is 2.36. The predicted molar refractivity (Wildman–Crippen MR) is 96.7 cm³/mol. The van der Waals surface area contributed by atoms with E-state index in [4.69, 9.17) is 0 Å². The second-order valence-electron chi connectivity index (χ2n) is 6.50. The van der Waals surface area contributed by atoms with Crippen LogP contribution < -0.4 is 0 Å². The summed E-state index contributed by atoms with van der Waals surface area (Å²) in [5, 5.41) is 19.8. The van der Waals surface area contributed by atoms with E-state index in [0.717, 1.165) is 6.42 Å². The van der Waals surface area contributed by atoms with Gasteiger partial charge >= 0.3 is 0 Å². The van der Waals surface area contributed by atoms with Crippen LogP contribution in [0.1, 0.15) is 28.8 Å². The summed E-state index contributed by atoms with van der Waals surface area (Å²) in [4.78, 5) is 28.7. The van der Waals surface area contributed by atoms with Gasteiger partial charge in [-0.05, 0) is 31.0 Å². The molecule has 2 aromatic rings. The Morgan fingerprint density at radius 1 is 1.08 bits per heavy atom. The number of benzene rings is 2. The summed E-state index contributed by atoms with van der Waals surface area (Å²) in [5.74, 6) is -0.455. The quantitative estimate of drug-likeness (QED) is 0.883. The van der Waals surface area contributed by atoms with E-state index in [1.54, 1.807) is 49.5 Å². The molecule has 0 spiro atoms. The van der Waals surface area contributed by atoms with Gasteiger partial charge in [0, 0.05) is 25.7 Å². The fraction of sp³-hybridized carbons (Fsp3) is 0.300. The largest absolute Gasteiger partial charge is 0.508 e. The molecule has 3 rings (SSSR count). The second-order valence-corrected chi connectivity index (χ2v) is 6.50. The number of nitrogens with zero attached hydrogens (tertiary/aromatic N) is 2. The van der Waals surface area contributed by atoms with Crippen molar-refractivity contribution >= 4 is 11.8 Å². The normalized spacial score (nSPS) is 16.5. The van der Waals surface area contributed by atoms with Crippen molar-refractivity contribution in [1.82, 2.24) is 9.80 Å². The third-order valence-corrected chi connectivity index (χ3v) is 4.71. The smallest absolute Gasteiger partial charge is 0.258 e. The molecule has 6 heteroatoms. The Hall–Kier alpha value is -3.02. The fourth-order valence-electron chi connectivity index (χ4n) is 3.31. The van der Waals surface area contributed by atoms with Crippen LogP contribution in [-0.2, 0) is 11.3 Å². The first-order chi connectivity index (χ1) is 12.5. The van der Waals surface area contributed by atoms with Gasteiger partial charge in [0.2, 0.25) is 5.91 Å². The Morgan fingerprint density at radius 2 is 1.73 bits per heavy atom. The summed E-state index contributed by atoms with van der Waals surface area (Å²) >= 11 is 0. The van der Waals surface area contributed by atoms with Crippen molar-refractivity contribution in [2.75, 3.05) is 13.6 Å². The maximum atomic E-state index is 12.9. The minimum absolute atomic E-state index is 0.0850. The number of hydrogen-bond acceptors (Lipinski definition) is 4. The number of carbonyl (C=O) groups is 2. The van der Waals surface area contributed by atoms with E-state index in [2.05, 4.69) is 0 Å². The Balaban J connectivity index is 1.75. The van der Waals surface area contributed by atoms with E-state index in [-0.39, 0.29) is 35.4 Å². The topological polar surface area (TPSA) is 81.1 Å². The molecule has 1 aliphatic heterocycles. The molecule has 26 heavy (non-hydrogen) atoms. The molecule has 136 valence electrons. The van der Waals surface area contributed by atoms with Crippen molar-refractivity contribution < 1.29 is 19.8 Å². The van der Waals surface area contributed by atoms with Gasteiger partial charge in [0.25, 0.3) is 5.91 Å². The van der Waals surface area contributed by atoms with E-state index in [1.807, 2.05) is 0 Å². The Labute approximate surface area is 152 Å². The molecule has 2 amide bonds. The summed E-state index contributed by atoms with van der Waals surface area (Å²) < 4.78 is 0. The van der Waals surface area contributed by atoms with E-state index < -0.39 is 6.04 Å². The van der Waals surface area contributed by atoms with Crippen molar-refractivity contribution in [2.45, 2.75) is 25.4 Å². The molecule has 0 bridgehead atoms. The van der Waals surface area contributed by atoms with Gasteiger partial charge < -0.3 is 20.0 Å². The number of phenols is 2. The lowest BCUT2D eigenvalue weighted by Gasteiger charge is -2.28. The lowest BCUT2D eigenvalue weighted by Crippen LogP contribution is -2.46. The minimum Gasteiger partial charge on any atom is -0.508 e. The van der Waals surface area contributed by atoms with Gasteiger partial charge in [-0.15, -0.1) is 0 Å². The summed E-state index contributed by atoms with van der Waals surface area (Å²) in [5.41, 5.74) is 0.857. The molecule has 1 unspecified atom stereocenters. The van der Waals surface area contributed by atoms with Crippen molar-refractivity contribution in [2.24, 2.45) is 0 Å². The van der Waals surface area contributed by atoms with Crippen molar-refractivity contribution in [3.05, 3.63) is 59.7 Å². The first-order valence-electron chi connectivity index (χ1n) is 8.60. The number of para-hydroxylation sites is 2. The van der Waals surface area contributed by atoms with Crippen molar-refractivity contribution in [1.29, 1.82) is 0 Å². The standard InChI is InChI=1S/C20H22N2O4/c1-21(13-14-7-2-4-10-17(14)23)20(26)16-9-6-12-22(16)19(25)15-8-3-5-11-18(15)24/h2-5,7-8,10-11,16,23-24H,6,9,12-13H2,1H3. The molecule has 1 heterocycles. The minimum atomic E-state index is -0.557. The molecule has 2 aromatic carbocycles. The van der Waals surface area contributed by atoms with Crippen LogP contribution in [0.3, 0.4) is 0 Å². The average Bonchev–Trinajstić information content (AvgIpc) is 3.12. The fourth-order valence-corrected chi connectivity index (χ4v) is 3.31. The van der Waals surface area contributed by atoms with Gasteiger partial charge in [0.1, 0.15) is 17.5 Å². The number of aromatic hydroxyl groups is 2. The number of rotatable bonds is 4. The number of carbonyl (C=O) groups excluding carboxylic acids is 2. The van der Waals surface area contributed by atoms with Gasteiger partial charge in [-0.25, -0.2) is 0 Å². The third kappa shape index (κ3) is 3.49. The molecule has 1 atom stereocenters. The van der Waals surface area contributed by atoms with E-state index in [9.17, 15) is 19.8 Å². The average molecular weight is 354 g/mol. The van der Waals surface area contributed by atoms with Crippen LogP contribution in [0.25, 0.3) is 0 Å². The Kier molecular flexibility index (Phi) is 5.11. The molecule has 0 saturated carbocycles. The molecule has 2 N–H and O–H groups in total. The van der Waals surface area contributed by atoms with Crippen LogP contribution in [0.15, 0.2) is 48.5 Å². The Morgan fingerprint density at radius 3 is 2.42 bits per heavy atom. The number of amides is 2. The summed E-state index contributed by atoms with van der Waals surface area (Å²) in [7, 11) is 1.66. The lowest BCUT2D eigenvalue weighted by atomic mass is 10.1. The van der Waals surface area contributed by atoms with Crippen LogP contribution in [0.2, 0.25) is 0 Å². The zero-order valence-electron chi connectivity index (χ0n) is 14.6. The van der Waals surface area contributed by atoms with E-state index >= 15 is 0 Å². The van der Waals surface area contributed by atoms with Crippen LogP contribution >= 0.6 is 0 Å². The molecule has 1 saturated heterocycles. The summed E-state index contributed by atoms with van der Waals surface area (Å²) in [6.45, 7) is 0.745. The number of hydrogen-bond donors (Lipinski definition) is 2. The summed E-state index contributed by atoms with van der Waals surface area (Å²) in [6.07, 6.45) is 1.32. The highest BCUT2D eigenvalue weighted by Gasteiger charge is 2.36. The Bertz CT molecular complexity index is 821. The van der Waals surface area contributed by atoms with E-state index in [0.29, 0.717) is 18.5 Å². The molecule has 0 radical (unpaired) electrons. The van der Waals surface area contributed by atoms with Crippen molar-refractivity contribution in [3.63, 3.8) is 0 Å². The highest BCUT2D eigenvalue weighted by Crippen LogP contribution is 2.26. The second kappa shape index (κ2) is 7.47. The highest BCUT2D eigenvalue weighted by atomic mass is 16.3. The van der Waals surface area contributed by atoms with Gasteiger partial charge in [0.15, 0.2) is 0 Å². The monoisotopic (exact) mass is 354 g/mol. The van der Waals surface area contributed by atoms with Gasteiger partial charge in [-0.1, -0.05) is 30.3 Å². The molecule has 1 aliphatic rings. The van der Waals surface area contributed by atoms with Crippen LogP contribution in [0, 0.1) is 0 Å². The van der Waals surface area contributed by atoms with Crippen LogP contribution in [0.5, 0.6) is 11.5 Å². The van der Waals surface area contributed by atoms with Crippen LogP contribution in [-0.4, -0.2) is 51.5 Å². The molecular formula is C20H22N2O4. The maximum Gasteiger partial charge on any atom is 0.258 e. The molecule has 6 nitrogen and oxygen atoms in total. The zero-order chi connectivity index (χ0) is 18.7. The first kappa shape index (κ1) is 17.8. The third-order valence-electron chi connectivity index (χ3n) is 4.71.